The van der Waals surface area contributed by atoms with E-state index in [0.29, 0.717) is 11.3 Å². The zero-order valence-electron chi connectivity index (χ0n) is 5.40. The third-order valence-corrected chi connectivity index (χ3v) is 1.51. The van der Waals surface area contributed by atoms with Gasteiger partial charge in [-0.15, -0.1) is 0 Å². The van der Waals surface area contributed by atoms with Gasteiger partial charge in [-0.2, -0.15) is 0 Å². The van der Waals surface area contributed by atoms with Gasteiger partial charge < -0.3 is 4.98 Å². The Morgan fingerprint density at radius 3 is 3.09 bits per heavy atom. The monoisotopic (exact) mass is 163 g/mol. The summed E-state index contributed by atoms with van der Waals surface area (Å²) in [6, 6.07) is 0. The van der Waals surface area contributed by atoms with E-state index in [-0.39, 0.29) is 0 Å². The van der Waals surface area contributed by atoms with Gasteiger partial charge >= 0.3 is 0 Å². The molecule has 53 valence electrons. The molecule has 0 spiro atoms. The highest BCUT2D eigenvalue weighted by atomic mass is 32.1. The van der Waals surface area contributed by atoms with Crippen molar-refractivity contribution in [2.24, 2.45) is 0 Å². The molecule has 0 bridgehead atoms. The van der Waals surface area contributed by atoms with Crippen LogP contribution in [0.25, 0.3) is 11.2 Å². The lowest BCUT2D eigenvalue weighted by Gasteiger charge is -1.89. The molecule has 0 atom stereocenters. The first-order chi connectivity index (χ1) is 5.42. The minimum absolute atomic E-state index is 0.586. The van der Waals surface area contributed by atoms with Crippen molar-refractivity contribution in [3.8, 4) is 0 Å². The topological polar surface area (TPSA) is 54.5 Å². The summed E-state index contributed by atoms with van der Waals surface area (Å²) in [6.07, 6.45) is 2.97. The lowest BCUT2D eigenvalue weighted by atomic mass is 10.4. The normalized spacial score (nSPS) is 10.2. The summed E-state index contributed by atoms with van der Waals surface area (Å²) in [5.41, 5.74) is 1.94. The van der Waals surface area contributed by atoms with Gasteiger partial charge in [-0.3, -0.25) is 0 Å². The van der Waals surface area contributed by atoms with E-state index in [1.54, 1.807) is 6.33 Å². The molecule has 1 N–H and O–H groups in total. The standard InChI is InChI=1S/C6H3N4S/c11-1-4-5-6(9-2-7-4)10-3-8-5/h2-3H,(H,7,8,9,10). The van der Waals surface area contributed by atoms with Crippen LogP contribution < -0.4 is 0 Å². The maximum Gasteiger partial charge on any atom is 0.181 e. The summed E-state index contributed by atoms with van der Waals surface area (Å²) in [4.78, 5) is 14.6. The van der Waals surface area contributed by atoms with Crippen LogP contribution in [0.3, 0.4) is 0 Å². The molecule has 0 saturated heterocycles. The van der Waals surface area contributed by atoms with Crippen molar-refractivity contribution in [3.63, 3.8) is 0 Å². The van der Waals surface area contributed by atoms with E-state index in [1.165, 1.54) is 6.33 Å². The number of thiocarbonyl (C=S) groups is 1. The van der Waals surface area contributed by atoms with Crippen LogP contribution in [0.4, 0.5) is 0 Å². The molecule has 0 aliphatic carbocycles. The van der Waals surface area contributed by atoms with Crippen LogP contribution in [-0.2, 0) is 0 Å². The van der Waals surface area contributed by atoms with Gasteiger partial charge in [0.25, 0.3) is 0 Å². The molecule has 2 aromatic rings. The number of fused-ring (bicyclic) bond motifs is 1. The largest absolute Gasteiger partial charge is 0.341 e. The molecule has 11 heavy (non-hydrogen) atoms. The number of imidazole rings is 1. The van der Waals surface area contributed by atoms with E-state index in [9.17, 15) is 0 Å². The Labute approximate surface area is 67.7 Å². The number of aromatic amines is 1. The fourth-order valence-corrected chi connectivity index (χ4v) is 0.997. The van der Waals surface area contributed by atoms with Gasteiger partial charge in [0.2, 0.25) is 0 Å². The van der Waals surface area contributed by atoms with Crippen molar-refractivity contribution in [3.05, 3.63) is 18.3 Å². The van der Waals surface area contributed by atoms with Crippen LogP contribution in [0, 0.1) is 0 Å². The van der Waals surface area contributed by atoms with Crippen LogP contribution in [0.1, 0.15) is 5.69 Å². The zero-order chi connectivity index (χ0) is 7.68. The first-order valence-corrected chi connectivity index (χ1v) is 3.35. The number of nitrogens with zero attached hydrogens (tertiary/aromatic N) is 3. The van der Waals surface area contributed by atoms with E-state index < -0.39 is 0 Å². The van der Waals surface area contributed by atoms with Crippen LogP contribution >= 0.6 is 12.2 Å². The van der Waals surface area contributed by atoms with E-state index in [0.717, 1.165) is 5.52 Å². The zero-order valence-corrected chi connectivity index (χ0v) is 6.22. The molecule has 2 rings (SSSR count). The van der Waals surface area contributed by atoms with Gasteiger partial charge in [-0.1, -0.05) is 12.2 Å². The quantitative estimate of drug-likeness (QED) is 0.625. The van der Waals surface area contributed by atoms with Crippen molar-refractivity contribution in [1.29, 1.82) is 0 Å². The van der Waals surface area contributed by atoms with Gasteiger partial charge in [0.05, 0.1) is 11.7 Å². The Bertz CT molecular complexity index is 394. The second-order valence-electron chi connectivity index (χ2n) is 1.93. The molecule has 0 amide bonds. The first kappa shape index (κ1) is 6.36. The molecule has 5 heteroatoms. The summed E-state index contributed by atoms with van der Waals surface area (Å²) < 4.78 is 0. The number of hydrogen-bond donors (Lipinski definition) is 1. The smallest absolute Gasteiger partial charge is 0.181 e. The van der Waals surface area contributed by atoms with Crippen LogP contribution in [0.5, 0.6) is 0 Å². The molecule has 2 aromatic heterocycles. The molecule has 0 aromatic carbocycles. The second kappa shape index (κ2) is 2.35. The Hall–Kier alpha value is -1.36. The Balaban J connectivity index is 2.88. The van der Waals surface area contributed by atoms with Crippen LogP contribution in [-0.4, -0.2) is 25.3 Å². The molecule has 0 fully saturated rings. The Kier molecular flexibility index (Phi) is 1.36. The number of aromatic nitrogens is 4. The maximum absolute atomic E-state index is 4.62. The highest BCUT2D eigenvalue weighted by Crippen LogP contribution is 2.06. The Morgan fingerprint density at radius 1 is 1.36 bits per heavy atom. The molecule has 0 saturated carbocycles. The van der Waals surface area contributed by atoms with Crippen LogP contribution in [0.15, 0.2) is 12.7 Å². The summed E-state index contributed by atoms with van der Waals surface area (Å²) >= 11 is 4.62. The lowest BCUT2D eigenvalue weighted by molar-refractivity contribution is 1.19. The van der Waals surface area contributed by atoms with Crippen molar-refractivity contribution in [1.82, 2.24) is 19.9 Å². The summed E-state index contributed by atoms with van der Waals surface area (Å²) in [5, 5.41) is 2.52. The van der Waals surface area contributed by atoms with Crippen molar-refractivity contribution in [2.75, 3.05) is 0 Å². The van der Waals surface area contributed by atoms with Crippen LogP contribution in [0.2, 0.25) is 0 Å². The number of H-pyrrole nitrogens is 1. The van der Waals surface area contributed by atoms with Gasteiger partial charge in [0, 0.05) is 0 Å². The van der Waals surface area contributed by atoms with Crippen molar-refractivity contribution < 1.29 is 0 Å². The summed E-state index contributed by atoms with van der Waals surface area (Å²) in [7, 11) is 0. The van der Waals surface area contributed by atoms with Gasteiger partial charge in [-0.25, -0.2) is 15.0 Å². The van der Waals surface area contributed by atoms with E-state index in [4.69, 9.17) is 0 Å². The minimum Gasteiger partial charge on any atom is -0.341 e. The van der Waals surface area contributed by atoms with Crippen molar-refractivity contribution in [2.45, 2.75) is 0 Å². The molecule has 0 aliphatic rings. The average molecular weight is 163 g/mol. The van der Waals surface area contributed by atoms with Gasteiger partial charge in [0.15, 0.2) is 5.65 Å². The highest BCUT2D eigenvalue weighted by molar-refractivity contribution is 7.79. The summed E-state index contributed by atoms with van der Waals surface area (Å²) in [5.74, 6) is 0. The highest BCUT2D eigenvalue weighted by Gasteiger charge is 2.01. The predicted octanol–water partition coefficient (Wildman–Crippen LogP) is 0.578. The predicted molar refractivity (Wildman–Crippen MR) is 43.4 cm³/mol. The fourth-order valence-electron chi connectivity index (χ4n) is 0.842. The Morgan fingerprint density at radius 2 is 2.27 bits per heavy atom. The minimum atomic E-state index is 0.586. The summed E-state index contributed by atoms with van der Waals surface area (Å²) in [6.45, 7) is 0. The number of hydrogen-bond acceptors (Lipinski definition) is 4. The number of nitrogens with one attached hydrogen (secondary N) is 1. The second-order valence-corrected chi connectivity index (χ2v) is 2.13. The van der Waals surface area contributed by atoms with E-state index in [2.05, 4.69) is 37.5 Å². The average Bonchev–Trinajstić information content (AvgIpc) is 2.50. The molecular weight excluding hydrogens is 160 g/mol. The van der Waals surface area contributed by atoms with Gasteiger partial charge in [0.1, 0.15) is 17.5 Å². The molecule has 4 nitrogen and oxygen atoms in total. The molecule has 0 unspecified atom stereocenters. The van der Waals surface area contributed by atoms with E-state index >= 15 is 0 Å². The molecule has 0 aliphatic heterocycles. The van der Waals surface area contributed by atoms with Gasteiger partial charge in [-0.05, 0) is 0 Å². The SMILES string of the molecule is S=[C]c1ncnc2nc[nH]c12. The number of rotatable bonds is 1. The third-order valence-electron chi connectivity index (χ3n) is 1.32. The maximum atomic E-state index is 4.62. The molecule has 1 radical (unpaired) electrons. The molecular formula is C6H3N4S. The molecule has 2 heterocycles. The first-order valence-electron chi connectivity index (χ1n) is 2.94. The fraction of sp³-hybridized carbons (Fsp3) is 0. The van der Waals surface area contributed by atoms with E-state index in [1.807, 2.05) is 0 Å². The van der Waals surface area contributed by atoms with Crippen molar-refractivity contribution >= 4 is 28.7 Å². The third kappa shape index (κ3) is 0.894. The lowest BCUT2D eigenvalue weighted by Crippen LogP contribution is -1.89.